The highest BCUT2D eigenvalue weighted by Gasteiger charge is 2.15. The average Bonchev–Trinajstić information content (AvgIpc) is 3.34. The van der Waals surface area contributed by atoms with Crippen LogP contribution < -0.4 is 24.4 Å². The quantitative estimate of drug-likeness (QED) is 0.310. The summed E-state index contributed by atoms with van der Waals surface area (Å²) in [6, 6.07) is 16.2. The van der Waals surface area contributed by atoms with Crippen molar-refractivity contribution < 1.29 is 23.4 Å². The molecule has 0 N–H and O–H groups in total. The zero-order valence-corrected chi connectivity index (χ0v) is 19.5. The summed E-state index contributed by atoms with van der Waals surface area (Å²) >= 11 is 0. The summed E-state index contributed by atoms with van der Waals surface area (Å²) in [6.45, 7) is 0.779. The van der Waals surface area contributed by atoms with Gasteiger partial charge in [-0.15, -0.1) is 5.10 Å². The third-order valence-corrected chi connectivity index (χ3v) is 5.61. The van der Waals surface area contributed by atoms with Crippen LogP contribution in [-0.2, 0) is 13.2 Å². The van der Waals surface area contributed by atoms with E-state index in [2.05, 4.69) is 10.3 Å². The van der Waals surface area contributed by atoms with Gasteiger partial charge in [0.05, 0.1) is 39.5 Å². The van der Waals surface area contributed by atoms with Crippen LogP contribution in [0.4, 0.5) is 0 Å². The monoisotopic (exact) mass is 473 g/mol. The number of aromatic nitrogens is 3. The van der Waals surface area contributed by atoms with Crippen molar-refractivity contribution in [3.05, 3.63) is 82.3 Å². The average molecular weight is 473 g/mol. The van der Waals surface area contributed by atoms with E-state index in [0.29, 0.717) is 51.4 Å². The summed E-state index contributed by atoms with van der Waals surface area (Å²) in [5, 5.41) is 9.08. The lowest BCUT2D eigenvalue weighted by atomic mass is 10.1. The van der Waals surface area contributed by atoms with Crippen molar-refractivity contribution in [1.82, 2.24) is 15.0 Å². The summed E-state index contributed by atoms with van der Waals surface area (Å²) in [5.41, 5.74) is 2.36. The van der Waals surface area contributed by atoms with Gasteiger partial charge < -0.3 is 23.4 Å². The molecule has 35 heavy (non-hydrogen) atoms. The van der Waals surface area contributed by atoms with Gasteiger partial charge in [-0.05, 0) is 35.9 Å². The van der Waals surface area contributed by atoms with Crippen LogP contribution >= 0.6 is 0 Å². The fourth-order valence-electron chi connectivity index (χ4n) is 3.82. The molecule has 5 rings (SSSR count). The Morgan fingerprint density at radius 1 is 0.857 bits per heavy atom. The fourth-order valence-corrected chi connectivity index (χ4v) is 3.82. The van der Waals surface area contributed by atoms with E-state index in [9.17, 15) is 4.79 Å². The minimum absolute atomic E-state index is 0.202. The SMILES string of the molecule is COc1ccc(Cn2cc(COc3ccc4oc5cc(OC)cc(OC)c5c(=O)c4c3)nn2)cc1. The molecule has 0 aliphatic rings. The van der Waals surface area contributed by atoms with E-state index in [0.717, 1.165) is 11.3 Å². The second-order valence-electron chi connectivity index (χ2n) is 7.84. The smallest absolute Gasteiger partial charge is 0.204 e. The minimum Gasteiger partial charge on any atom is -0.497 e. The molecule has 5 aromatic rings. The topological polar surface area (TPSA) is 97.8 Å². The molecule has 0 unspecified atom stereocenters. The number of hydrogen-bond donors (Lipinski definition) is 0. The Bertz CT molecular complexity index is 1560. The molecule has 0 aliphatic heterocycles. The summed E-state index contributed by atoms with van der Waals surface area (Å²) < 4.78 is 29.4. The third-order valence-electron chi connectivity index (χ3n) is 5.61. The predicted molar refractivity (Wildman–Crippen MR) is 130 cm³/mol. The maximum absolute atomic E-state index is 13.2. The maximum Gasteiger partial charge on any atom is 0.204 e. The van der Waals surface area contributed by atoms with E-state index < -0.39 is 0 Å². The molecule has 0 atom stereocenters. The molecular weight excluding hydrogens is 450 g/mol. The normalized spacial score (nSPS) is 11.1. The Kier molecular flexibility index (Phi) is 5.97. The molecule has 0 radical (unpaired) electrons. The van der Waals surface area contributed by atoms with Gasteiger partial charge in [-0.3, -0.25) is 4.79 Å². The van der Waals surface area contributed by atoms with Gasteiger partial charge in [0, 0.05) is 12.1 Å². The molecule has 9 nitrogen and oxygen atoms in total. The van der Waals surface area contributed by atoms with Crippen molar-refractivity contribution in [2.45, 2.75) is 13.2 Å². The van der Waals surface area contributed by atoms with E-state index in [1.165, 1.54) is 7.11 Å². The molecule has 0 amide bonds. The van der Waals surface area contributed by atoms with E-state index in [-0.39, 0.29) is 12.0 Å². The van der Waals surface area contributed by atoms with E-state index >= 15 is 0 Å². The zero-order chi connectivity index (χ0) is 24.4. The number of nitrogens with zero attached hydrogens (tertiary/aromatic N) is 3. The number of methoxy groups -OCH3 is 3. The highest BCUT2D eigenvalue weighted by atomic mass is 16.5. The summed E-state index contributed by atoms with van der Waals surface area (Å²) in [5.74, 6) is 2.24. The first kappa shape index (κ1) is 22.3. The van der Waals surface area contributed by atoms with Crippen molar-refractivity contribution >= 4 is 21.9 Å². The summed E-state index contributed by atoms with van der Waals surface area (Å²) in [7, 11) is 4.68. The standard InChI is InChI=1S/C26H23N3O6/c1-31-18-6-4-16(5-7-18)13-29-14-17(27-28-29)15-34-19-8-9-22-21(10-19)26(30)25-23(33-3)11-20(32-2)12-24(25)35-22/h4-12,14H,13,15H2,1-3H3. The van der Waals surface area contributed by atoms with E-state index in [4.69, 9.17) is 23.4 Å². The Labute approximate surface area is 200 Å². The molecule has 0 saturated carbocycles. The fraction of sp³-hybridized carbons (Fsp3) is 0.192. The number of benzene rings is 3. The van der Waals surface area contributed by atoms with Crippen molar-refractivity contribution in [1.29, 1.82) is 0 Å². The molecular formula is C26H23N3O6. The van der Waals surface area contributed by atoms with Crippen molar-refractivity contribution in [2.75, 3.05) is 21.3 Å². The second kappa shape index (κ2) is 9.38. The van der Waals surface area contributed by atoms with Crippen molar-refractivity contribution in [3.8, 4) is 23.0 Å². The van der Waals surface area contributed by atoms with E-state index in [1.54, 1.807) is 49.2 Å². The lowest BCUT2D eigenvalue weighted by Gasteiger charge is -2.10. The van der Waals surface area contributed by atoms with Gasteiger partial charge in [-0.1, -0.05) is 17.3 Å². The number of rotatable bonds is 8. The Hall–Kier alpha value is -4.53. The molecule has 0 saturated heterocycles. The molecule has 0 aliphatic carbocycles. The summed E-state index contributed by atoms with van der Waals surface area (Å²) in [4.78, 5) is 13.2. The van der Waals surface area contributed by atoms with Crippen LogP contribution in [0.15, 0.2) is 70.0 Å². The van der Waals surface area contributed by atoms with Crippen LogP contribution in [0.1, 0.15) is 11.3 Å². The van der Waals surface area contributed by atoms with Gasteiger partial charge >= 0.3 is 0 Å². The van der Waals surface area contributed by atoms with Crippen LogP contribution in [0.2, 0.25) is 0 Å². The van der Waals surface area contributed by atoms with Gasteiger partial charge in [0.2, 0.25) is 5.43 Å². The molecule has 2 aromatic heterocycles. The number of hydrogen-bond acceptors (Lipinski definition) is 8. The van der Waals surface area contributed by atoms with Crippen LogP contribution in [0.3, 0.4) is 0 Å². The first-order valence-electron chi connectivity index (χ1n) is 10.9. The van der Waals surface area contributed by atoms with Gasteiger partial charge in [0.15, 0.2) is 0 Å². The van der Waals surface area contributed by atoms with Crippen LogP contribution in [0.25, 0.3) is 21.9 Å². The predicted octanol–water partition coefficient (Wildman–Crippen LogP) is 4.19. The van der Waals surface area contributed by atoms with Crippen LogP contribution in [0.5, 0.6) is 23.0 Å². The Morgan fingerprint density at radius 3 is 2.37 bits per heavy atom. The minimum atomic E-state index is -0.211. The van der Waals surface area contributed by atoms with E-state index in [1.807, 2.05) is 30.5 Å². The highest BCUT2D eigenvalue weighted by molar-refractivity contribution is 5.94. The van der Waals surface area contributed by atoms with Crippen LogP contribution in [0, 0.1) is 0 Å². The lowest BCUT2D eigenvalue weighted by molar-refractivity contribution is 0.301. The van der Waals surface area contributed by atoms with Crippen molar-refractivity contribution in [3.63, 3.8) is 0 Å². The second-order valence-corrected chi connectivity index (χ2v) is 7.84. The molecule has 0 bridgehead atoms. The van der Waals surface area contributed by atoms with Gasteiger partial charge in [-0.2, -0.15) is 0 Å². The number of ether oxygens (including phenoxy) is 4. The van der Waals surface area contributed by atoms with Crippen LogP contribution in [-0.4, -0.2) is 36.3 Å². The maximum atomic E-state index is 13.2. The lowest BCUT2D eigenvalue weighted by Crippen LogP contribution is -2.05. The molecule has 3 aromatic carbocycles. The molecule has 2 heterocycles. The zero-order valence-electron chi connectivity index (χ0n) is 19.5. The Morgan fingerprint density at radius 2 is 1.63 bits per heavy atom. The van der Waals surface area contributed by atoms with Gasteiger partial charge in [0.25, 0.3) is 0 Å². The largest absolute Gasteiger partial charge is 0.497 e. The third kappa shape index (κ3) is 4.48. The Balaban J connectivity index is 1.35. The number of fused-ring (bicyclic) bond motifs is 2. The van der Waals surface area contributed by atoms with Gasteiger partial charge in [0.1, 0.15) is 51.9 Å². The van der Waals surface area contributed by atoms with Gasteiger partial charge in [-0.25, -0.2) is 4.68 Å². The molecule has 178 valence electrons. The first-order valence-corrected chi connectivity index (χ1v) is 10.9. The molecule has 9 heteroatoms. The first-order chi connectivity index (χ1) is 17.1. The molecule has 0 fully saturated rings. The highest BCUT2D eigenvalue weighted by Crippen LogP contribution is 2.32. The summed E-state index contributed by atoms with van der Waals surface area (Å²) in [6.07, 6.45) is 1.82. The molecule has 0 spiro atoms. The van der Waals surface area contributed by atoms with Crippen molar-refractivity contribution in [2.24, 2.45) is 0 Å².